The molecule has 112 valence electrons. The number of nitrogens with zero attached hydrogens (tertiary/aromatic N) is 2. The van der Waals surface area contributed by atoms with E-state index in [0.29, 0.717) is 5.91 Å². The SMILES string of the molecule is CCN(CC)C(=O)C1CCCN(Cc2ccc(Br)o2)C1. The smallest absolute Gasteiger partial charge is 0.226 e. The van der Waals surface area contributed by atoms with Gasteiger partial charge in [0.1, 0.15) is 5.76 Å². The zero-order chi connectivity index (χ0) is 14.5. The number of piperidine rings is 1. The highest BCUT2D eigenvalue weighted by Gasteiger charge is 2.28. The fraction of sp³-hybridized carbons (Fsp3) is 0.667. The average Bonchev–Trinajstić information content (AvgIpc) is 2.85. The van der Waals surface area contributed by atoms with Gasteiger partial charge in [0.25, 0.3) is 0 Å². The number of carbonyl (C=O) groups is 1. The van der Waals surface area contributed by atoms with Crippen molar-refractivity contribution in [1.82, 2.24) is 9.80 Å². The van der Waals surface area contributed by atoms with Crippen LogP contribution in [0.4, 0.5) is 0 Å². The summed E-state index contributed by atoms with van der Waals surface area (Å²) < 4.78 is 6.32. The zero-order valence-corrected chi connectivity index (χ0v) is 13.9. The van der Waals surface area contributed by atoms with E-state index in [1.165, 1.54) is 0 Å². The number of hydrogen-bond acceptors (Lipinski definition) is 3. The largest absolute Gasteiger partial charge is 0.453 e. The van der Waals surface area contributed by atoms with Gasteiger partial charge in [-0.1, -0.05) is 0 Å². The average molecular weight is 343 g/mol. The van der Waals surface area contributed by atoms with Crippen LogP contribution in [0.2, 0.25) is 0 Å². The van der Waals surface area contributed by atoms with Crippen LogP contribution in [0.1, 0.15) is 32.4 Å². The summed E-state index contributed by atoms with van der Waals surface area (Å²) in [4.78, 5) is 16.7. The molecule has 0 radical (unpaired) electrons. The van der Waals surface area contributed by atoms with E-state index in [0.717, 1.165) is 56.0 Å². The van der Waals surface area contributed by atoms with Gasteiger partial charge in [0.15, 0.2) is 4.67 Å². The lowest BCUT2D eigenvalue weighted by atomic mass is 9.96. The Hall–Kier alpha value is -0.810. The Morgan fingerprint density at radius 2 is 2.20 bits per heavy atom. The quantitative estimate of drug-likeness (QED) is 0.824. The summed E-state index contributed by atoms with van der Waals surface area (Å²) in [6.07, 6.45) is 2.09. The third-order valence-electron chi connectivity index (χ3n) is 3.94. The first-order chi connectivity index (χ1) is 9.63. The molecule has 0 saturated carbocycles. The van der Waals surface area contributed by atoms with Crippen molar-refractivity contribution in [3.63, 3.8) is 0 Å². The first-order valence-electron chi connectivity index (χ1n) is 7.39. The predicted octanol–water partition coefficient (Wildman–Crippen LogP) is 3.12. The second-order valence-electron chi connectivity index (χ2n) is 5.29. The normalized spacial score (nSPS) is 20.1. The second kappa shape index (κ2) is 7.27. The van der Waals surface area contributed by atoms with Crippen molar-refractivity contribution < 1.29 is 9.21 Å². The number of hydrogen-bond donors (Lipinski definition) is 0. The van der Waals surface area contributed by atoms with Gasteiger partial charge < -0.3 is 9.32 Å². The molecule has 20 heavy (non-hydrogen) atoms. The molecule has 0 aromatic carbocycles. The molecule has 1 fully saturated rings. The van der Waals surface area contributed by atoms with Crippen molar-refractivity contribution in [2.45, 2.75) is 33.2 Å². The molecule has 5 heteroatoms. The minimum atomic E-state index is 0.141. The van der Waals surface area contributed by atoms with Crippen molar-refractivity contribution in [2.75, 3.05) is 26.2 Å². The number of furan rings is 1. The van der Waals surface area contributed by atoms with Gasteiger partial charge >= 0.3 is 0 Å². The molecule has 0 spiro atoms. The monoisotopic (exact) mass is 342 g/mol. The van der Waals surface area contributed by atoms with Gasteiger partial charge in [-0.25, -0.2) is 0 Å². The van der Waals surface area contributed by atoms with Crippen LogP contribution in [0.5, 0.6) is 0 Å². The van der Waals surface area contributed by atoms with Gasteiger partial charge in [0.05, 0.1) is 12.5 Å². The molecule has 1 aliphatic rings. The fourth-order valence-electron chi connectivity index (χ4n) is 2.85. The zero-order valence-electron chi connectivity index (χ0n) is 12.3. The van der Waals surface area contributed by atoms with Crippen LogP contribution in [0.15, 0.2) is 21.2 Å². The Kier molecular flexibility index (Phi) is 5.66. The van der Waals surface area contributed by atoms with Crippen LogP contribution < -0.4 is 0 Å². The summed E-state index contributed by atoms with van der Waals surface area (Å²) in [6, 6.07) is 3.90. The predicted molar refractivity (Wildman–Crippen MR) is 82.3 cm³/mol. The molecule has 1 aromatic rings. The topological polar surface area (TPSA) is 36.7 Å². The number of likely N-dealkylation sites (tertiary alicyclic amines) is 1. The fourth-order valence-corrected chi connectivity index (χ4v) is 3.19. The first-order valence-corrected chi connectivity index (χ1v) is 8.18. The highest BCUT2D eigenvalue weighted by Crippen LogP contribution is 2.22. The summed E-state index contributed by atoms with van der Waals surface area (Å²) in [6.45, 7) is 8.36. The highest BCUT2D eigenvalue weighted by atomic mass is 79.9. The lowest BCUT2D eigenvalue weighted by Gasteiger charge is -2.34. The molecular formula is C15H23BrN2O2. The number of carbonyl (C=O) groups excluding carboxylic acids is 1. The molecule has 1 amide bonds. The summed E-state index contributed by atoms with van der Waals surface area (Å²) in [7, 11) is 0. The van der Waals surface area contributed by atoms with Crippen LogP contribution in [-0.4, -0.2) is 41.9 Å². The Morgan fingerprint density at radius 1 is 1.45 bits per heavy atom. The maximum atomic E-state index is 12.4. The van der Waals surface area contributed by atoms with E-state index < -0.39 is 0 Å². The molecule has 1 unspecified atom stereocenters. The van der Waals surface area contributed by atoms with Crippen molar-refractivity contribution in [1.29, 1.82) is 0 Å². The van der Waals surface area contributed by atoms with Gasteiger partial charge in [-0.15, -0.1) is 0 Å². The van der Waals surface area contributed by atoms with Gasteiger partial charge in [0.2, 0.25) is 5.91 Å². The molecule has 1 atom stereocenters. The molecular weight excluding hydrogens is 320 g/mol. The third-order valence-corrected chi connectivity index (χ3v) is 4.36. The summed E-state index contributed by atoms with van der Waals surface area (Å²) >= 11 is 3.32. The van der Waals surface area contributed by atoms with E-state index in [4.69, 9.17) is 4.42 Å². The molecule has 1 saturated heterocycles. The van der Waals surface area contributed by atoms with Crippen LogP contribution >= 0.6 is 15.9 Å². The Bertz CT molecular complexity index is 443. The first kappa shape index (κ1) is 15.6. The van der Waals surface area contributed by atoms with Gasteiger partial charge in [-0.05, 0) is 61.3 Å². The van der Waals surface area contributed by atoms with Crippen LogP contribution in [0.3, 0.4) is 0 Å². The second-order valence-corrected chi connectivity index (χ2v) is 6.07. The standard InChI is InChI=1S/C15H23BrN2O2/c1-3-18(4-2)15(19)12-6-5-9-17(10-12)11-13-7-8-14(16)20-13/h7-8,12H,3-6,9-11H2,1-2H3. The molecule has 2 heterocycles. The van der Waals surface area contributed by atoms with Crippen molar-refractivity contribution >= 4 is 21.8 Å². The third kappa shape index (κ3) is 3.85. The molecule has 0 N–H and O–H groups in total. The van der Waals surface area contributed by atoms with Gasteiger partial charge in [0, 0.05) is 19.6 Å². The molecule has 2 rings (SSSR count). The molecule has 0 bridgehead atoms. The van der Waals surface area contributed by atoms with Crippen molar-refractivity contribution in [3.8, 4) is 0 Å². The molecule has 0 aliphatic carbocycles. The summed E-state index contributed by atoms with van der Waals surface area (Å²) in [5.41, 5.74) is 0. The lowest BCUT2D eigenvalue weighted by molar-refractivity contribution is -0.137. The number of halogens is 1. The van der Waals surface area contributed by atoms with E-state index in [9.17, 15) is 4.79 Å². The lowest BCUT2D eigenvalue weighted by Crippen LogP contribution is -2.44. The van der Waals surface area contributed by atoms with Crippen molar-refractivity contribution in [3.05, 3.63) is 22.6 Å². The summed E-state index contributed by atoms with van der Waals surface area (Å²) in [5, 5.41) is 0. The molecule has 1 aliphatic heterocycles. The Balaban J connectivity index is 1.92. The number of amides is 1. The Morgan fingerprint density at radius 3 is 2.80 bits per heavy atom. The maximum Gasteiger partial charge on any atom is 0.226 e. The van der Waals surface area contributed by atoms with Crippen LogP contribution in [0, 0.1) is 5.92 Å². The minimum Gasteiger partial charge on any atom is -0.453 e. The minimum absolute atomic E-state index is 0.141. The van der Waals surface area contributed by atoms with Crippen molar-refractivity contribution in [2.24, 2.45) is 5.92 Å². The van der Waals surface area contributed by atoms with E-state index in [1.54, 1.807) is 0 Å². The van der Waals surface area contributed by atoms with Gasteiger partial charge in [-0.2, -0.15) is 0 Å². The van der Waals surface area contributed by atoms with E-state index in [-0.39, 0.29) is 5.92 Å². The van der Waals surface area contributed by atoms with Gasteiger partial charge in [-0.3, -0.25) is 9.69 Å². The number of rotatable bonds is 5. The Labute approximate surface area is 129 Å². The molecule has 1 aromatic heterocycles. The summed E-state index contributed by atoms with van der Waals surface area (Å²) in [5.74, 6) is 1.40. The van der Waals surface area contributed by atoms with Crippen LogP contribution in [-0.2, 0) is 11.3 Å². The van der Waals surface area contributed by atoms with E-state index >= 15 is 0 Å². The maximum absolute atomic E-state index is 12.4. The van der Waals surface area contributed by atoms with Crippen LogP contribution in [0.25, 0.3) is 0 Å². The van der Waals surface area contributed by atoms with E-state index in [2.05, 4.69) is 20.8 Å². The molecule has 4 nitrogen and oxygen atoms in total. The van der Waals surface area contributed by atoms with E-state index in [1.807, 2.05) is 30.9 Å². The highest BCUT2D eigenvalue weighted by molar-refractivity contribution is 9.10.